The summed E-state index contributed by atoms with van der Waals surface area (Å²) in [7, 11) is -3.65. The van der Waals surface area contributed by atoms with Gasteiger partial charge >= 0.3 is 0 Å². The van der Waals surface area contributed by atoms with Gasteiger partial charge in [-0.25, -0.2) is 8.42 Å². The summed E-state index contributed by atoms with van der Waals surface area (Å²) in [6.07, 6.45) is 4.02. The first-order valence-corrected chi connectivity index (χ1v) is 12.0. The van der Waals surface area contributed by atoms with Gasteiger partial charge in [0.2, 0.25) is 21.8 Å². The van der Waals surface area contributed by atoms with E-state index in [9.17, 15) is 18.0 Å². The van der Waals surface area contributed by atoms with E-state index < -0.39 is 21.9 Å². The molecule has 0 N–H and O–H groups in total. The third kappa shape index (κ3) is 2.44. The normalized spacial score (nSPS) is 33.9. The van der Waals surface area contributed by atoms with Crippen LogP contribution in [0.1, 0.15) is 5.56 Å². The maximum absolute atomic E-state index is 13.4. The molecule has 3 aliphatic carbocycles. The van der Waals surface area contributed by atoms with Gasteiger partial charge < -0.3 is 0 Å². The first-order valence-electron chi connectivity index (χ1n) is 10.6. The number of para-hydroxylation sites is 1. The predicted octanol–water partition coefficient (Wildman–Crippen LogP) is 2.61. The Labute approximate surface area is 181 Å². The Morgan fingerprint density at radius 3 is 2.13 bits per heavy atom. The molecule has 2 aromatic rings. The Bertz CT molecular complexity index is 1220. The van der Waals surface area contributed by atoms with E-state index in [1.807, 2.05) is 37.3 Å². The number of imide groups is 1. The zero-order valence-corrected chi connectivity index (χ0v) is 17.8. The summed E-state index contributed by atoms with van der Waals surface area (Å²) in [5.74, 6) is -1.57. The standard InChI is InChI=1S/C24H22N2O4S/c1-14-7-9-16(10-8-14)31(29,30)25-13-19-17-11-12-18(22(19)25)21-20(17)23(27)26(24(21)28)15-5-3-2-4-6-15/h2-12,17-22H,13H2,1H3/t17-,18+,19-,20-,21+,22-/m1/s1. The molecule has 7 rings (SSSR count). The fourth-order valence-electron chi connectivity index (χ4n) is 6.03. The molecule has 6 nitrogen and oxygen atoms in total. The molecule has 2 bridgehead atoms. The van der Waals surface area contributed by atoms with Gasteiger partial charge in [0.25, 0.3) is 0 Å². The van der Waals surface area contributed by atoms with Gasteiger partial charge in [-0.15, -0.1) is 0 Å². The second-order valence-corrected chi connectivity index (χ2v) is 10.9. The topological polar surface area (TPSA) is 74.8 Å². The summed E-state index contributed by atoms with van der Waals surface area (Å²) in [5, 5.41) is 0. The van der Waals surface area contributed by atoms with Crippen molar-refractivity contribution in [3.63, 3.8) is 0 Å². The number of carbonyl (C=O) groups excluding carboxylic acids is 2. The van der Waals surface area contributed by atoms with E-state index in [4.69, 9.17) is 0 Å². The smallest absolute Gasteiger partial charge is 0.243 e. The second kappa shape index (κ2) is 6.37. The minimum Gasteiger partial charge on any atom is -0.274 e. The number of hydrogen-bond acceptors (Lipinski definition) is 4. The van der Waals surface area contributed by atoms with Crippen LogP contribution >= 0.6 is 0 Å². The fraction of sp³-hybridized carbons (Fsp3) is 0.333. The second-order valence-electron chi connectivity index (χ2n) is 8.98. The number of allylic oxidation sites excluding steroid dienone is 1. The van der Waals surface area contributed by atoms with E-state index in [0.29, 0.717) is 12.2 Å². The lowest BCUT2D eigenvalue weighted by Gasteiger charge is -2.60. The van der Waals surface area contributed by atoms with E-state index in [0.717, 1.165) is 5.56 Å². The molecule has 2 heterocycles. The molecule has 2 saturated heterocycles. The summed E-state index contributed by atoms with van der Waals surface area (Å²) in [6, 6.07) is 15.6. The molecule has 2 aromatic carbocycles. The summed E-state index contributed by atoms with van der Waals surface area (Å²) in [5.41, 5.74) is 1.58. The summed E-state index contributed by atoms with van der Waals surface area (Å²) < 4.78 is 28.2. The number of anilines is 1. The minimum atomic E-state index is -3.65. The van der Waals surface area contributed by atoms with E-state index >= 15 is 0 Å². The maximum Gasteiger partial charge on any atom is 0.243 e. The molecule has 1 saturated carbocycles. The number of amides is 2. The molecule has 0 aromatic heterocycles. The highest BCUT2D eigenvalue weighted by Gasteiger charge is 2.68. The SMILES string of the molecule is Cc1ccc(S(=O)(=O)N2C[C@@H]3[C@H]4C=C[C@@H]([C@@H]5C(=O)N(c6ccccc6)C(=O)[C@H]45)[C@H]32)cc1. The van der Waals surface area contributed by atoms with Crippen molar-refractivity contribution in [1.29, 1.82) is 0 Å². The molecule has 7 heteroatoms. The maximum atomic E-state index is 13.4. The van der Waals surface area contributed by atoms with Crippen molar-refractivity contribution >= 4 is 27.5 Å². The fourth-order valence-corrected chi connectivity index (χ4v) is 7.77. The van der Waals surface area contributed by atoms with Crippen LogP contribution in [0.4, 0.5) is 5.69 Å². The number of carbonyl (C=O) groups is 2. The van der Waals surface area contributed by atoms with E-state index in [-0.39, 0.29) is 40.5 Å². The largest absolute Gasteiger partial charge is 0.274 e. The van der Waals surface area contributed by atoms with Crippen molar-refractivity contribution in [2.24, 2.45) is 29.6 Å². The molecule has 6 atom stereocenters. The molecule has 2 amide bonds. The number of aryl methyl sites for hydroxylation is 1. The van der Waals surface area contributed by atoms with Crippen molar-refractivity contribution in [3.05, 3.63) is 72.3 Å². The van der Waals surface area contributed by atoms with Crippen LogP contribution in [0.25, 0.3) is 0 Å². The molecule has 31 heavy (non-hydrogen) atoms. The molecule has 5 aliphatic rings. The van der Waals surface area contributed by atoms with Crippen molar-refractivity contribution < 1.29 is 18.0 Å². The molecular weight excluding hydrogens is 412 g/mol. The average Bonchev–Trinajstić information content (AvgIpc) is 3.01. The van der Waals surface area contributed by atoms with Gasteiger partial charge in [0.15, 0.2) is 0 Å². The Morgan fingerprint density at radius 1 is 0.839 bits per heavy atom. The van der Waals surface area contributed by atoms with Crippen LogP contribution in [0.5, 0.6) is 0 Å². The number of hydrogen-bond donors (Lipinski definition) is 0. The highest BCUT2D eigenvalue weighted by Crippen LogP contribution is 2.58. The van der Waals surface area contributed by atoms with Crippen LogP contribution < -0.4 is 4.90 Å². The lowest BCUT2D eigenvalue weighted by Crippen LogP contribution is -2.70. The van der Waals surface area contributed by atoms with Crippen LogP contribution in [0.2, 0.25) is 0 Å². The number of nitrogens with zero attached hydrogens (tertiary/aromatic N) is 2. The Balaban J connectivity index is 1.35. The Kier molecular flexibility index (Phi) is 3.90. The molecule has 0 spiro atoms. The molecule has 0 radical (unpaired) electrons. The van der Waals surface area contributed by atoms with Gasteiger partial charge in [0.1, 0.15) is 0 Å². The number of rotatable bonds is 3. The third-order valence-corrected chi connectivity index (χ3v) is 9.35. The van der Waals surface area contributed by atoms with Gasteiger partial charge in [-0.05, 0) is 43.0 Å². The molecule has 2 aliphatic heterocycles. The molecular formula is C24H22N2O4S. The van der Waals surface area contributed by atoms with Gasteiger partial charge in [-0.1, -0.05) is 48.0 Å². The number of sulfonamides is 1. The first-order chi connectivity index (χ1) is 14.9. The van der Waals surface area contributed by atoms with Gasteiger partial charge in [0.05, 0.1) is 22.4 Å². The Hall–Kier alpha value is -2.77. The highest BCUT2D eigenvalue weighted by molar-refractivity contribution is 7.89. The molecule has 0 unspecified atom stereocenters. The average molecular weight is 435 g/mol. The molecule has 3 fully saturated rings. The van der Waals surface area contributed by atoms with Crippen LogP contribution in [0, 0.1) is 36.5 Å². The summed E-state index contributed by atoms with van der Waals surface area (Å²) in [6.45, 7) is 2.31. The van der Waals surface area contributed by atoms with Crippen molar-refractivity contribution in [1.82, 2.24) is 4.31 Å². The third-order valence-electron chi connectivity index (χ3n) is 7.48. The van der Waals surface area contributed by atoms with E-state index in [1.165, 1.54) is 4.90 Å². The zero-order valence-electron chi connectivity index (χ0n) is 17.0. The highest BCUT2D eigenvalue weighted by atomic mass is 32.2. The van der Waals surface area contributed by atoms with Crippen LogP contribution in [0.15, 0.2) is 71.6 Å². The minimum absolute atomic E-state index is 0.0731. The first kappa shape index (κ1) is 19.0. The molecule has 158 valence electrons. The monoisotopic (exact) mass is 434 g/mol. The van der Waals surface area contributed by atoms with Gasteiger partial charge in [-0.3, -0.25) is 14.5 Å². The quantitative estimate of drug-likeness (QED) is 0.550. The lowest BCUT2D eigenvalue weighted by molar-refractivity contribution is -0.135. The van der Waals surface area contributed by atoms with E-state index in [2.05, 4.69) is 0 Å². The Morgan fingerprint density at radius 2 is 1.45 bits per heavy atom. The van der Waals surface area contributed by atoms with Crippen LogP contribution in [-0.4, -0.2) is 37.1 Å². The predicted molar refractivity (Wildman–Crippen MR) is 114 cm³/mol. The van der Waals surface area contributed by atoms with Crippen LogP contribution in [0.3, 0.4) is 0 Å². The van der Waals surface area contributed by atoms with Gasteiger partial charge in [-0.2, -0.15) is 4.31 Å². The summed E-state index contributed by atoms with van der Waals surface area (Å²) >= 11 is 0. The van der Waals surface area contributed by atoms with Crippen molar-refractivity contribution in [2.75, 3.05) is 11.4 Å². The van der Waals surface area contributed by atoms with Crippen molar-refractivity contribution in [2.45, 2.75) is 17.9 Å². The van der Waals surface area contributed by atoms with E-state index in [1.54, 1.807) is 40.7 Å². The van der Waals surface area contributed by atoms with Gasteiger partial charge in [0, 0.05) is 18.5 Å². The number of benzene rings is 2. The lowest BCUT2D eigenvalue weighted by atomic mass is 9.53. The summed E-state index contributed by atoms with van der Waals surface area (Å²) in [4.78, 5) is 28.3. The zero-order chi connectivity index (χ0) is 21.5. The van der Waals surface area contributed by atoms with Crippen molar-refractivity contribution in [3.8, 4) is 0 Å². The van der Waals surface area contributed by atoms with Crippen LogP contribution in [-0.2, 0) is 19.6 Å².